The molecule has 3 heteroatoms. The Morgan fingerprint density at radius 2 is 1.82 bits per heavy atom. The fourth-order valence-electron chi connectivity index (χ4n) is 2.15. The predicted molar refractivity (Wildman–Crippen MR) is 66.1 cm³/mol. The minimum atomic E-state index is -0.0567. The van der Waals surface area contributed by atoms with Crippen molar-refractivity contribution in [3.63, 3.8) is 0 Å². The molecular formula is C14H16N2O. The smallest absolute Gasteiger partial charge is 0.194 e. The minimum absolute atomic E-state index is 0.0567. The summed E-state index contributed by atoms with van der Waals surface area (Å²) in [4.78, 5) is 8.01. The Morgan fingerprint density at radius 1 is 1.12 bits per heavy atom. The zero-order valence-corrected chi connectivity index (χ0v) is 10.0. The van der Waals surface area contributed by atoms with E-state index in [1.807, 2.05) is 5.06 Å². The van der Waals surface area contributed by atoms with E-state index in [1.165, 1.54) is 5.56 Å². The molecule has 88 valence electrons. The van der Waals surface area contributed by atoms with E-state index in [4.69, 9.17) is 4.84 Å². The van der Waals surface area contributed by atoms with Gasteiger partial charge in [0.15, 0.2) is 6.23 Å². The van der Waals surface area contributed by atoms with Gasteiger partial charge in [0.2, 0.25) is 0 Å². The van der Waals surface area contributed by atoms with Crippen LogP contribution in [0, 0.1) is 18.8 Å². The van der Waals surface area contributed by atoms with Crippen LogP contribution < -0.4 is 0 Å². The van der Waals surface area contributed by atoms with Crippen LogP contribution in [-0.2, 0) is 4.84 Å². The molecule has 0 radical (unpaired) electrons. The Hall–Kier alpha value is -1.34. The van der Waals surface area contributed by atoms with Crippen LogP contribution in [0.5, 0.6) is 0 Å². The summed E-state index contributed by atoms with van der Waals surface area (Å²) < 4.78 is 0. The highest BCUT2D eigenvalue weighted by molar-refractivity contribution is 5.36. The van der Waals surface area contributed by atoms with Gasteiger partial charge in [-0.15, -0.1) is 0 Å². The third kappa shape index (κ3) is 2.34. The molecule has 0 aliphatic carbocycles. The minimum Gasteiger partial charge on any atom is -0.266 e. The van der Waals surface area contributed by atoms with Crippen LogP contribution in [0.25, 0.3) is 0 Å². The molecule has 17 heavy (non-hydrogen) atoms. The Kier molecular flexibility index (Phi) is 2.86. The molecule has 0 aromatic heterocycles. The Bertz CT molecular complexity index is 449. The molecule has 3 heterocycles. The van der Waals surface area contributed by atoms with Crippen molar-refractivity contribution in [1.29, 1.82) is 0 Å². The van der Waals surface area contributed by atoms with E-state index >= 15 is 0 Å². The second-order valence-electron chi connectivity index (χ2n) is 4.56. The van der Waals surface area contributed by atoms with Gasteiger partial charge in [-0.1, -0.05) is 23.6 Å². The van der Waals surface area contributed by atoms with Gasteiger partial charge < -0.3 is 0 Å². The highest BCUT2D eigenvalue weighted by Crippen LogP contribution is 2.16. The second kappa shape index (κ2) is 4.50. The van der Waals surface area contributed by atoms with Crippen molar-refractivity contribution in [2.24, 2.45) is 0 Å². The number of piperazine rings is 1. The lowest BCUT2D eigenvalue weighted by molar-refractivity contribution is -0.286. The lowest BCUT2D eigenvalue weighted by Gasteiger charge is -2.44. The van der Waals surface area contributed by atoms with E-state index in [1.54, 1.807) is 0 Å². The first kappa shape index (κ1) is 10.8. The van der Waals surface area contributed by atoms with Gasteiger partial charge in [0.1, 0.15) is 0 Å². The first-order valence-corrected chi connectivity index (χ1v) is 6.05. The molecule has 3 aliphatic rings. The first-order chi connectivity index (χ1) is 8.31. The number of hydrogen-bond acceptors (Lipinski definition) is 3. The SMILES string of the molecule is Cc1ccc(C#CC2ON3CCN2CC3)cc1. The highest BCUT2D eigenvalue weighted by atomic mass is 16.7. The van der Waals surface area contributed by atoms with Gasteiger partial charge in [0.05, 0.1) is 0 Å². The molecule has 4 rings (SSSR count). The Morgan fingerprint density at radius 3 is 2.41 bits per heavy atom. The molecule has 1 aromatic rings. The average Bonchev–Trinajstić information content (AvgIpc) is 2.39. The van der Waals surface area contributed by atoms with Crippen molar-refractivity contribution in [1.82, 2.24) is 9.96 Å². The van der Waals surface area contributed by atoms with Gasteiger partial charge in [0.25, 0.3) is 0 Å². The molecule has 1 aromatic carbocycles. The van der Waals surface area contributed by atoms with E-state index in [0.29, 0.717) is 0 Å². The van der Waals surface area contributed by atoms with E-state index < -0.39 is 0 Å². The maximum absolute atomic E-state index is 5.72. The summed E-state index contributed by atoms with van der Waals surface area (Å²) >= 11 is 0. The van der Waals surface area contributed by atoms with Crippen LogP contribution >= 0.6 is 0 Å². The summed E-state index contributed by atoms with van der Waals surface area (Å²) in [5.41, 5.74) is 2.32. The summed E-state index contributed by atoms with van der Waals surface area (Å²) in [5, 5.41) is 2.02. The lowest BCUT2D eigenvalue weighted by Crippen LogP contribution is -2.59. The molecule has 1 atom stereocenters. The third-order valence-electron chi connectivity index (χ3n) is 3.25. The molecule has 3 nitrogen and oxygen atoms in total. The topological polar surface area (TPSA) is 15.7 Å². The summed E-state index contributed by atoms with van der Waals surface area (Å²) in [7, 11) is 0. The normalized spacial score (nSPS) is 30.8. The molecule has 3 fully saturated rings. The number of benzene rings is 1. The summed E-state index contributed by atoms with van der Waals surface area (Å²) in [6.07, 6.45) is -0.0567. The molecule has 2 bridgehead atoms. The molecule has 3 saturated heterocycles. The third-order valence-corrected chi connectivity index (χ3v) is 3.25. The Balaban J connectivity index is 1.73. The quantitative estimate of drug-likeness (QED) is 0.621. The zero-order valence-electron chi connectivity index (χ0n) is 10.0. The van der Waals surface area contributed by atoms with Crippen molar-refractivity contribution in [3.8, 4) is 11.8 Å². The molecule has 0 saturated carbocycles. The predicted octanol–water partition coefficient (Wildman–Crippen LogP) is 1.24. The number of hydrogen-bond donors (Lipinski definition) is 0. The standard InChI is InChI=1S/C14H16N2O/c1-12-2-4-13(5-3-12)6-7-14-15-8-10-16(17-14)11-9-15/h2-5,14H,8-11H2,1H3. The number of hydroxylamine groups is 2. The fourth-order valence-corrected chi connectivity index (χ4v) is 2.15. The lowest BCUT2D eigenvalue weighted by atomic mass is 10.1. The van der Waals surface area contributed by atoms with Crippen LogP contribution in [0.1, 0.15) is 11.1 Å². The van der Waals surface area contributed by atoms with Gasteiger partial charge in [-0.3, -0.25) is 9.74 Å². The summed E-state index contributed by atoms with van der Waals surface area (Å²) in [6, 6.07) is 8.28. The Labute approximate surface area is 102 Å². The summed E-state index contributed by atoms with van der Waals surface area (Å²) in [6.45, 7) is 6.21. The monoisotopic (exact) mass is 228 g/mol. The maximum Gasteiger partial charge on any atom is 0.194 e. The van der Waals surface area contributed by atoms with Crippen LogP contribution in [0.15, 0.2) is 24.3 Å². The fraction of sp³-hybridized carbons (Fsp3) is 0.429. The average molecular weight is 228 g/mol. The van der Waals surface area contributed by atoms with Crippen molar-refractivity contribution < 1.29 is 4.84 Å². The number of aryl methyl sites for hydroxylation is 1. The molecule has 1 unspecified atom stereocenters. The van der Waals surface area contributed by atoms with Crippen molar-refractivity contribution >= 4 is 0 Å². The largest absolute Gasteiger partial charge is 0.266 e. The van der Waals surface area contributed by atoms with Gasteiger partial charge >= 0.3 is 0 Å². The molecule has 0 spiro atoms. The van der Waals surface area contributed by atoms with Crippen LogP contribution in [-0.4, -0.2) is 42.4 Å². The number of nitrogens with zero attached hydrogens (tertiary/aromatic N) is 2. The van der Waals surface area contributed by atoms with Crippen molar-refractivity contribution in [2.75, 3.05) is 26.2 Å². The van der Waals surface area contributed by atoms with Crippen LogP contribution in [0.3, 0.4) is 0 Å². The second-order valence-corrected chi connectivity index (χ2v) is 4.56. The van der Waals surface area contributed by atoms with Gasteiger partial charge in [0, 0.05) is 31.7 Å². The van der Waals surface area contributed by atoms with E-state index in [2.05, 4.69) is 47.9 Å². The molecule has 0 amide bonds. The molecule has 0 N–H and O–H groups in total. The van der Waals surface area contributed by atoms with Crippen LogP contribution in [0.2, 0.25) is 0 Å². The van der Waals surface area contributed by atoms with Crippen LogP contribution in [0.4, 0.5) is 0 Å². The van der Waals surface area contributed by atoms with Crippen molar-refractivity contribution in [3.05, 3.63) is 35.4 Å². The summed E-state index contributed by atoms with van der Waals surface area (Å²) in [5.74, 6) is 6.38. The van der Waals surface area contributed by atoms with Gasteiger partial charge in [-0.05, 0) is 25.0 Å². The van der Waals surface area contributed by atoms with E-state index in [9.17, 15) is 0 Å². The zero-order chi connectivity index (χ0) is 11.7. The maximum atomic E-state index is 5.72. The number of fused-ring (bicyclic) bond motifs is 3. The van der Waals surface area contributed by atoms with Gasteiger partial charge in [-0.25, -0.2) is 0 Å². The number of rotatable bonds is 0. The van der Waals surface area contributed by atoms with E-state index in [-0.39, 0.29) is 6.23 Å². The highest BCUT2D eigenvalue weighted by Gasteiger charge is 2.31. The molecule has 3 aliphatic heterocycles. The first-order valence-electron chi connectivity index (χ1n) is 6.05. The van der Waals surface area contributed by atoms with E-state index in [0.717, 1.165) is 31.7 Å². The molecular weight excluding hydrogens is 212 g/mol. The van der Waals surface area contributed by atoms with Crippen molar-refractivity contribution in [2.45, 2.75) is 13.2 Å². The van der Waals surface area contributed by atoms with Gasteiger partial charge in [-0.2, -0.15) is 5.06 Å².